The number of methoxy groups -OCH3 is 2. The van der Waals surface area contributed by atoms with E-state index in [4.69, 9.17) is 15.2 Å². The quantitative estimate of drug-likeness (QED) is 0.704. The molecule has 2 atom stereocenters. The Labute approximate surface area is 162 Å². The highest BCUT2D eigenvalue weighted by molar-refractivity contribution is 5.85. The number of hydrogen-bond donors (Lipinski definition) is 2. The van der Waals surface area contributed by atoms with Crippen LogP contribution in [0.25, 0.3) is 0 Å². The number of benzene rings is 1. The number of nitrogens with one attached hydrogen (secondary N) is 1. The number of nitrogens with two attached hydrogens (primary N) is 1. The van der Waals surface area contributed by atoms with E-state index in [0.717, 1.165) is 25.3 Å². The number of halogens is 2. The molecule has 1 heterocycles. The van der Waals surface area contributed by atoms with Crippen LogP contribution >= 0.6 is 24.8 Å². The smallest absolute Gasteiger partial charge is 0.222 e. The zero-order valence-electron chi connectivity index (χ0n) is 14.8. The van der Waals surface area contributed by atoms with E-state index in [9.17, 15) is 4.79 Å². The first-order valence-corrected chi connectivity index (χ1v) is 8.04. The highest BCUT2D eigenvalue weighted by Crippen LogP contribution is 2.26. The maximum Gasteiger partial charge on any atom is 0.222 e. The van der Waals surface area contributed by atoms with Crippen molar-refractivity contribution in [3.05, 3.63) is 24.3 Å². The van der Waals surface area contributed by atoms with Gasteiger partial charge in [-0.3, -0.25) is 4.79 Å². The van der Waals surface area contributed by atoms with Crippen LogP contribution in [0.3, 0.4) is 0 Å². The lowest BCUT2D eigenvalue weighted by molar-refractivity contribution is -0.123. The number of nitrogens with zero attached hydrogens (tertiary/aromatic N) is 1. The monoisotopic (exact) mass is 393 g/mol. The van der Waals surface area contributed by atoms with E-state index in [2.05, 4.69) is 16.3 Å². The molecule has 1 aromatic rings. The second kappa shape index (κ2) is 12.2. The van der Waals surface area contributed by atoms with Crippen LogP contribution in [0.1, 0.15) is 12.8 Å². The van der Waals surface area contributed by atoms with Gasteiger partial charge in [-0.1, -0.05) is 6.07 Å². The number of amides is 1. The number of hydrogen-bond acceptors (Lipinski definition) is 5. The Kier molecular flexibility index (Phi) is 11.6. The summed E-state index contributed by atoms with van der Waals surface area (Å²) in [5, 5.41) is 2.99. The lowest BCUT2D eigenvalue weighted by Crippen LogP contribution is -2.35. The summed E-state index contributed by atoms with van der Waals surface area (Å²) in [5.74, 6) is 1.33. The van der Waals surface area contributed by atoms with Crippen LogP contribution < -0.4 is 20.7 Å². The van der Waals surface area contributed by atoms with Crippen LogP contribution in [-0.2, 0) is 9.53 Å². The van der Waals surface area contributed by atoms with Gasteiger partial charge in [-0.2, -0.15) is 0 Å². The fourth-order valence-corrected chi connectivity index (χ4v) is 2.84. The Bertz CT molecular complexity index is 516. The van der Waals surface area contributed by atoms with Gasteiger partial charge in [0, 0.05) is 45.0 Å². The molecule has 0 radical (unpaired) electrons. The molecule has 1 amide bonds. The Morgan fingerprint density at radius 1 is 1.40 bits per heavy atom. The number of ether oxygens (including phenoxy) is 2. The van der Waals surface area contributed by atoms with Crippen LogP contribution in [0.15, 0.2) is 24.3 Å². The van der Waals surface area contributed by atoms with Crippen molar-refractivity contribution < 1.29 is 14.3 Å². The average Bonchev–Trinajstić information content (AvgIpc) is 3.07. The molecule has 8 heteroatoms. The highest BCUT2D eigenvalue weighted by atomic mass is 35.5. The molecule has 0 bridgehead atoms. The molecule has 2 rings (SSSR count). The van der Waals surface area contributed by atoms with Crippen molar-refractivity contribution in [1.29, 1.82) is 0 Å². The molecule has 3 N–H and O–H groups in total. The number of carbonyl (C=O) groups is 1. The van der Waals surface area contributed by atoms with Crippen molar-refractivity contribution >= 4 is 36.4 Å². The second-order valence-electron chi connectivity index (χ2n) is 5.90. The Morgan fingerprint density at radius 2 is 2.16 bits per heavy atom. The van der Waals surface area contributed by atoms with Crippen LogP contribution in [-0.4, -0.2) is 52.4 Å². The number of anilines is 1. The van der Waals surface area contributed by atoms with E-state index < -0.39 is 0 Å². The molecule has 25 heavy (non-hydrogen) atoms. The summed E-state index contributed by atoms with van der Waals surface area (Å²) in [6.07, 6.45) is 1.19. The fraction of sp³-hybridized carbons (Fsp3) is 0.588. The van der Waals surface area contributed by atoms with E-state index in [0.29, 0.717) is 25.4 Å². The molecule has 1 saturated heterocycles. The maximum atomic E-state index is 11.9. The van der Waals surface area contributed by atoms with E-state index in [-0.39, 0.29) is 36.8 Å². The Morgan fingerprint density at radius 3 is 2.80 bits per heavy atom. The van der Waals surface area contributed by atoms with Gasteiger partial charge in [0.15, 0.2) is 0 Å². The zero-order valence-corrected chi connectivity index (χ0v) is 16.4. The Balaban J connectivity index is 0.00000288. The summed E-state index contributed by atoms with van der Waals surface area (Å²) in [6.45, 7) is 2.99. The van der Waals surface area contributed by atoms with Crippen LogP contribution in [0, 0.1) is 5.92 Å². The number of rotatable bonds is 8. The van der Waals surface area contributed by atoms with Gasteiger partial charge in [0.2, 0.25) is 5.91 Å². The molecule has 1 fully saturated rings. The third kappa shape index (κ3) is 7.28. The second-order valence-corrected chi connectivity index (χ2v) is 5.90. The SMILES string of the molecule is COc1cccc(N2CCC(CNC(=O)CC(CN)OC)C2)c1.Cl.Cl. The molecule has 2 unspecified atom stereocenters. The average molecular weight is 394 g/mol. The summed E-state index contributed by atoms with van der Waals surface area (Å²) in [7, 11) is 3.25. The highest BCUT2D eigenvalue weighted by Gasteiger charge is 2.23. The summed E-state index contributed by atoms with van der Waals surface area (Å²) in [5.41, 5.74) is 6.70. The van der Waals surface area contributed by atoms with E-state index in [1.807, 2.05) is 18.2 Å². The predicted molar refractivity (Wildman–Crippen MR) is 105 cm³/mol. The minimum absolute atomic E-state index is 0. The molecule has 1 aromatic carbocycles. The van der Waals surface area contributed by atoms with Gasteiger partial charge in [0.1, 0.15) is 5.75 Å². The molecular weight excluding hydrogens is 365 g/mol. The molecule has 0 saturated carbocycles. The van der Waals surface area contributed by atoms with E-state index >= 15 is 0 Å². The predicted octanol–water partition coefficient (Wildman–Crippen LogP) is 1.85. The summed E-state index contributed by atoms with van der Waals surface area (Å²) in [6, 6.07) is 8.08. The largest absolute Gasteiger partial charge is 0.497 e. The first-order valence-electron chi connectivity index (χ1n) is 8.04. The van der Waals surface area contributed by atoms with Gasteiger partial charge in [0.05, 0.1) is 19.6 Å². The van der Waals surface area contributed by atoms with Gasteiger partial charge >= 0.3 is 0 Å². The van der Waals surface area contributed by atoms with Crippen molar-refractivity contribution in [1.82, 2.24) is 5.32 Å². The minimum Gasteiger partial charge on any atom is -0.497 e. The third-order valence-electron chi connectivity index (χ3n) is 4.30. The van der Waals surface area contributed by atoms with Crippen LogP contribution in [0.2, 0.25) is 0 Å². The minimum atomic E-state index is -0.202. The van der Waals surface area contributed by atoms with Gasteiger partial charge in [-0.15, -0.1) is 24.8 Å². The van der Waals surface area contributed by atoms with Gasteiger partial charge < -0.3 is 25.4 Å². The lowest BCUT2D eigenvalue weighted by atomic mass is 10.1. The third-order valence-corrected chi connectivity index (χ3v) is 4.30. The first kappa shape index (κ1) is 23.8. The number of carbonyl (C=O) groups excluding carboxylic acids is 1. The van der Waals surface area contributed by atoms with Gasteiger partial charge in [-0.25, -0.2) is 0 Å². The molecule has 144 valence electrons. The molecule has 6 nitrogen and oxygen atoms in total. The zero-order chi connectivity index (χ0) is 16.7. The van der Waals surface area contributed by atoms with Crippen molar-refractivity contribution in [3.8, 4) is 5.75 Å². The molecular formula is C17H29Cl2N3O3. The fourth-order valence-electron chi connectivity index (χ4n) is 2.84. The maximum absolute atomic E-state index is 11.9. The summed E-state index contributed by atoms with van der Waals surface area (Å²) in [4.78, 5) is 14.2. The first-order chi connectivity index (χ1) is 11.2. The molecule has 1 aliphatic rings. The molecule has 0 aliphatic carbocycles. The van der Waals surface area contributed by atoms with Gasteiger partial charge in [0.25, 0.3) is 0 Å². The standard InChI is InChI=1S/C17H27N3O3.2ClH/c1-22-15-5-3-4-14(8-15)20-7-6-13(12-20)11-19-17(21)9-16(10-18)23-2;;/h3-5,8,13,16H,6-7,9-12,18H2,1-2H3,(H,19,21);2*1H. The molecule has 0 aromatic heterocycles. The van der Waals surface area contributed by atoms with E-state index in [1.165, 1.54) is 5.69 Å². The van der Waals surface area contributed by atoms with Crippen molar-refractivity contribution in [3.63, 3.8) is 0 Å². The van der Waals surface area contributed by atoms with Crippen LogP contribution in [0.5, 0.6) is 5.75 Å². The molecule has 0 spiro atoms. The van der Waals surface area contributed by atoms with Crippen molar-refractivity contribution in [2.24, 2.45) is 11.7 Å². The lowest BCUT2D eigenvalue weighted by Gasteiger charge is -2.19. The molecule has 1 aliphatic heterocycles. The van der Waals surface area contributed by atoms with Crippen molar-refractivity contribution in [2.45, 2.75) is 18.9 Å². The summed E-state index contributed by atoms with van der Waals surface area (Å²) < 4.78 is 10.4. The van der Waals surface area contributed by atoms with E-state index in [1.54, 1.807) is 14.2 Å². The Hall–Kier alpha value is -1.21. The van der Waals surface area contributed by atoms with Crippen molar-refractivity contribution in [2.75, 3.05) is 45.3 Å². The summed E-state index contributed by atoms with van der Waals surface area (Å²) >= 11 is 0. The van der Waals surface area contributed by atoms with Crippen LogP contribution in [0.4, 0.5) is 5.69 Å². The van der Waals surface area contributed by atoms with Gasteiger partial charge in [-0.05, 0) is 24.5 Å². The normalized spacial score (nSPS) is 17.2. The topological polar surface area (TPSA) is 76.8 Å².